The van der Waals surface area contributed by atoms with Gasteiger partial charge >= 0.3 is 6.18 Å². The van der Waals surface area contributed by atoms with Crippen molar-refractivity contribution in [1.29, 1.82) is 5.26 Å². The van der Waals surface area contributed by atoms with Crippen molar-refractivity contribution in [2.75, 3.05) is 0 Å². The molecule has 1 aromatic heterocycles. The zero-order valence-electron chi connectivity index (χ0n) is 6.84. The van der Waals surface area contributed by atoms with E-state index in [9.17, 15) is 13.2 Å². The Morgan fingerprint density at radius 2 is 2.07 bits per heavy atom. The maximum Gasteiger partial charge on any atom is 0.433 e. The van der Waals surface area contributed by atoms with E-state index in [1.807, 2.05) is 0 Å². The van der Waals surface area contributed by atoms with Crippen molar-refractivity contribution in [3.8, 4) is 11.8 Å². The molecule has 6 heteroatoms. The van der Waals surface area contributed by atoms with Crippen molar-refractivity contribution in [3.63, 3.8) is 0 Å². The van der Waals surface area contributed by atoms with Crippen molar-refractivity contribution in [2.24, 2.45) is 0 Å². The van der Waals surface area contributed by atoms with Crippen LogP contribution in [0.15, 0.2) is 12.1 Å². The number of hydrogen-bond donors (Lipinski definition) is 1. The van der Waals surface area contributed by atoms with E-state index in [-0.39, 0.29) is 12.1 Å². The fourth-order valence-corrected chi connectivity index (χ4v) is 0.857. The average molecular weight is 202 g/mol. The molecule has 0 aliphatic heterocycles. The van der Waals surface area contributed by atoms with Crippen molar-refractivity contribution in [1.82, 2.24) is 4.98 Å². The Labute approximate surface area is 77.4 Å². The molecule has 0 atom stereocenters. The van der Waals surface area contributed by atoms with Crippen LogP contribution in [-0.4, -0.2) is 10.1 Å². The maximum absolute atomic E-state index is 12.1. The second-order valence-corrected chi connectivity index (χ2v) is 2.49. The molecule has 1 heterocycles. The summed E-state index contributed by atoms with van der Waals surface area (Å²) in [5, 5.41) is 17.3. The molecule has 0 radical (unpaired) electrons. The van der Waals surface area contributed by atoms with Crippen LogP contribution < -0.4 is 0 Å². The number of halogens is 3. The Bertz CT molecular complexity index is 381. The van der Waals surface area contributed by atoms with Crippen molar-refractivity contribution in [3.05, 3.63) is 23.5 Å². The van der Waals surface area contributed by atoms with E-state index < -0.39 is 17.6 Å². The van der Waals surface area contributed by atoms with Crippen LogP contribution in [0.2, 0.25) is 0 Å². The summed E-state index contributed by atoms with van der Waals surface area (Å²) in [5.74, 6) is -0.403. The van der Waals surface area contributed by atoms with Crippen molar-refractivity contribution in [2.45, 2.75) is 12.6 Å². The molecular weight excluding hydrogens is 197 g/mol. The number of hydrogen-bond acceptors (Lipinski definition) is 3. The lowest BCUT2D eigenvalue weighted by atomic mass is 10.2. The smallest absolute Gasteiger partial charge is 0.433 e. The molecule has 3 nitrogen and oxygen atoms in total. The first-order valence-corrected chi connectivity index (χ1v) is 3.58. The van der Waals surface area contributed by atoms with E-state index >= 15 is 0 Å². The predicted octanol–water partition coefficient (Wildman–Crippen LogP) is 1.87. The van der Waals surface area contributed by atoms with Gasteiger partial charge in [-0.2, -0.15) is 18.4 Å². The van der Waals surface area contributed by atoms with Gasteiger partial charge in [-0.3, -0.25) is 0 Å². The molecule has 14 heavy (non-hydrogen) atoms. The number of aromatic hydroxyl groups is 1. The van der Waals surface area contributed by atoms with E-state index in [2.05, 4.69) is 4.98 Å². The Hall–Kier alpha value is -1.77. The molecule has 0 fully saturated rings. The molecule has 0 saturated carbocycles. The molecule has 0 amide bonds. The first-order chi connectivity index (χ1) is 6.45. The summed E-state index contributed by atoms with van der Waals surface area (Å²) in [6, 6.07) is 3.15. The monoisotopic (exact) mass is 202 g/mol. The van der Waals surface area contributed by atoms with E-state index in [4.69, 9.17) is 10.4 Å². The summed E-state index contributed by atoms with van der Waals surface area (Å²) in [4.78, 5) is 3.14. The third-order valence-electron chi connectivity index (χ3n) is 1.49. The summed E-state index contributed by atoms with van der Waals surface area (Å²) in [5.41, 5.74) is -1.37. The summed E-state index contributed by atoms with van der Waals surface area (Å²) in [6.45, 7) is 0. The van der Waals surface area contributed by atoms with Crippen LogP contribution in [0.5, 0.6) is 5.75 Å². The Morgan fingerprint density at radius 3 is 2.57 bits per heavy atom. The highest BCUT2D eigenvalue weighted by Gasteiger charge is 2.32. The topological polar surface area (TPSA) is 56.9 Å². The van der Waals surface area contributed by atoms with E-state index in [0.717, 1.165) is 6.07 Å². The van der Waals surface area contributed by atoms with Crippen molar-refractivity contribution >= 4 is 0 Å². The van der Waals surface area contributed by atoms with Crippen LogP contribution in [0.4, 0.5) is 13.2 Å². The molecule has 1 N–H and O–H groups in total. The molecule has 0 saturated heterocycles. The fraction of sp³-hybridized carbons (Fsp3) is 0.250. The number of aromatic nitrogens is 1. The lowest BCUT2D eigenvalue weighted by Crippen LogP contribution is -2.09. The Morgan fingerprint density at radius 1 is 1.43 bits per heavy atom. The minimum absolute atomic E-state index is 0.262. The molecule has 1 aromatic rings. The third-order valence-corrected chi connectivity index (χ3v) is 1.49. The third kappa shape index (κ3) is 2.13. The van der Waals surface area contributed by atoms with Crippen LogP contribution in [0.25, 0.3) is 0 Å². The molecule has 1 rings (SSSR count). The van der Waals surface area contributed by atoms with Crippen LogP contribution in [0.1, 0.15) is 11.4 Å². The van der Waals surface area contributed by atoms with Gasteiger partial charge in [-0.05, 0) is 12.1 Å². The molecule has 0 spiro atoms. The maximum atomic E-state index is 12.1. The largest absolute Gasteiger partial charge is 0.506 e. The number of rotatable bonds is 1. The van der Waals surface area contributed by atoms with Crippen LogP contribution in [0, 0.1) is 11.3 Å². The van der Waals surface area contributed by atoms with Gasteiger partial charge in [0.15, 0.2) is 0 Å². The number of alkyl halides is 3. The second-order valence-electron chi connectivity index (χ2n) is 2.49. The molecular formula is C8H5F3N2O. The normalized spacial score (nSPS) is 11.0. The number of nitrogens with zero attached hydrogens (tertiary/aromatic N) is 2. The highest BCUT2D eigenvalue weighted by Crippen LogP contribution is 2.29. The van der Waals surface area contributed by atoms with Crippen molar-refractivity contribution < 1.29 is 18.3 Å². The molecule has 0 aliphatic rings. The lowest BCUT2D eigenvalue weighted by molar-refractivity contribution is -0.141. The minimum atomic E-state index is -4.56. The lowest BCUT2D eigenvalue weighted by Gasteiger charge is -2.07. The first-order valence-electron chi connectivity index (χ1n) is 3.58. The van der Waals surface area contributed by atoms with Gasteiger partial charge in [-0.25, -0.2) is 4.98 Å². The second kappa shape index (κ2) is 3.54. The van der Waals surface area contributed by atoms with Gasteiger partial charge in [-0.15, -0.1) is 0 Å². The van der Waals surface area contributed by atoms with E-state index in [1.165, 1.54) is 0 Å². The van der Waals surface area contributed by atoms with Gasteiger partial charge < -0.3 is 5.11 Å². The SMILES string of the molecule is N#CCc1nc(C(F)(F)F)ccc1O. The van der Waals surface area contributed by atoms with Crippen LogP contribution >= 0.6 is 0 Å². The summed E-state index contributed by atoms with van der Waals surface area (Å²) < 4.78 is 36.3. The molecule has 0 unspecified atom stereocenters. The zero-order chi connectivity index (χ0) is 10.8. The molecule has 0 aliphatic carbocycles. The van der Waals surface area contributed by atoms with E-state index in [1.54, 1.807) is 6.07 Å². The Balaban J connectivity index is 3.14. The first kappa shape index (κ1) is 10.3. The molecule has 0 aromatic carbocycles. The predicted molar refractivity (Wildman–Crippen MR) is 40.2 cm³/mol. The number of nitriles is 1. The van der Waals surface area contributed by atoms with Gasteiger partial charge in [0, 0.05) is 0 Å². The standard InChI is InChI=1S/C8H5F3N2O/c9-8(10,11)7-2-1-6(14)5(13-7)3-4-12/h1-2,14H,3H2. The van der Waals surface area contributed by atoms with Gasteiger partial charge in [0.05, 0.1) is 18.2 Å². The number of pyridine rings is 1. The summed E-state index contributed by atoms with van der Waals surface area (Å²) in [6.07, 6.45) is -4.91. The molecule has 74 valence electrons. The quantitative estimate of drug-likeness (QED) is 0.756. The molecule has 0 bridgehead atoms. The minimum Gasteiger partial charge on any atom is -0.506 e. The highest BCUT2D eigenvalue weighted by molar-refractivity contribution is 5.30. The van der Waals surface area contributed by atoms with E-state index in [0.29, 0.717) is 6.07 Å². The van der Waals surface area contributed by atoms with Gasteiger partial charge in [-0.1, -0.05) is 0 Å². The van der Waals surface area contributed by atoms with Gasteiger partial charge in [0.1, 0.15) is 11.4 Å². The Kier molecular flexibility index (Phi) is 2.60. The van der Waals surface area contributed by atoms with Crippen LogP contribution in [0.3, 0.4) is 0 Å². The average Bonchev–Trinajstić information content (AvgIpc) is 2.07. The van der Waals surface area contributed by atoms with Gasteiger partial charge in [0.25, 0.3) is 0 Å². The van der Waals surface area contributed by atoms with Crippen LogP contribution in [-0.2, 0) is 12.6 Å². The summed E-state index contributed by atoms with van der Waals surface area (Å²) >= 11 is 0. The zero-order valence-corrected chi connectivity index (χ0v) is 6.84. The summed E-state index contributed by atoms with van der Waals surface area (Å²) in [7, 11) is 0. The fourth-order valence-electron chi connectivity index (χ4n) is 0.857. The van der Waals surface area contributed by atoms with Gasteiger partial charge in [0.2, 0.25) is 0 Å². The highest BCUT2D eigenvalue weighted by atomic mass is 19.4.